The van der Waals surface area contributed by atoms with Crippen LogP contribution in [0.15, 0.2) is 36.9 Å². The molecule has 0 atom stereocenters. The predicted octanol–water partition coefficient (Wildman–Crippen LogP) is 3.09. The lowest BCUT2D eigenvalue weighted by Gasteiger charge is -2.10. The molecule has 59 heavy (non-hydrogen) atoms. The first-order chi connectivity index (χ1) is 28.0. The van der Waals surface area contributed by atoms with E-state index in [2.05, 4.69) is 31.2 Å². The zero-order chi connectivity index (χ0) is 43.2. The van der Waals surface area contributed by atoms with Gasteiger partial charge in [-0.15, -0.1) is 0 Å². The number of nitro groups is 2. The molecule has 4 N–H and O–H groups in total. The van der Waals surface area contributed by atoms with Crippen molar-refractivity contribution < 1.29 is 29.0 Å². The molecular formula is C37H54N14O8. The third-order valence-electron chi connectivity index (χ3n) is 9.23. The predicted molar refractivity (Wildman–Crippen MR) is 219 cm³/mol. The van der Waals surface area contributed by atoms with Crippen molar-refractivity contribution in [2.45, 2.75) is 58.0 Å². The van der Waals surface area contributed by atoms with Gasteiger partial charge in [0.25, 0.3) is 11.8 Å². The van der Waals surface area contributed by atoms with Crippen LogP contribution in [0.4, 0.5) is 23.0 Å². The molecule has 4 heterocycles. The lowest BCUT2D eigenvalue weighted by atomic mass is 10.1. The van der Waals surface area contributed by atoms with Gasteiger partial charge in [0.2, 0.25) is 0 Å². The van der Waals surface area contributed by atoms with E-state index >= 15 is 0 Å². The van der Waals surface area contributed by atoms with Gasteiger partial charge in [0.15, 0.2) is 0 Å². The molecule has 22 heteroatoms. The summed E-state index contributed by atoms with van der Waals surface area (Å²) < 4.78 is 6.01. The minimum atomic E-state index is -0.672. The highest BCUT2D eigenvalue weighted by atomic mass is 16.6. The molecule has 4 amide bonds. The number of amides is 4. The Morgan fingerprint density at radius 3 is 1.32 bits per heavy atom. The van der Waals surface area contributed by atoms with Crippen LogP contribution in [0.2, 0.25) is 0 Å². The average Bonchev–Trinajstić information content (AvgIpc) is 3.96. The summed E-state index contributed by atoms with van der Waals surface area (Å²) in [6.45, 7) is 3.15. The van der Waals surface area contributed by atoms with Gasteiger partial charge in [0.1, 0.15) is 23.8 Å². The zero-order valence-electron chi connectivity index (χ0n) is 34.4. The topological polar surface area (TPSA) is 255 Å². The van der Waals surface area contributed by atoms with Crippen molar-refractivity contribution in [3.05, 3.63) is 80.2 Å². The summed E-state index contributed by atoms with van der Waals surface area (Å²) in [5.41, 5.74) is 1.33. The fourth-order valence-corrected chi connectivity index (χ4v) is 6.24. The number of hydrogen-bond acceptors (Lipinski definition) is 12. The second kappa shape index (κ2) is 21.4. The molecule has 0 saturated heterocycles. The van der Waals surface area contributed by atoms with Gasteiger partial charge in [-0.3, -0.25) is 28.3 Å². The van der Waals surface area contributed by atoms with Gasteiger partial charge in [-0.1, -0.05) is 19.3 Å². The number of imidazole rings is 2. The second-order valence-electron chi connectivity index (χ2n) is 14.7. The maximum atomic E-state index is 13.2. The van der Waals surface area contributed by atoms with Gasteiger partial charge in [0, 0.05) is 52.7 Å². The molecule has 0 bridgehead atoms. The number of anilines is 2. The van der Waals surface area contributed by atoms with Crippen molar-refractivity contribution in [3.63, 3.8) is 0 Å². The van der Waals surface area contributed by atoms with Crippen molar-refractivity contribution >= 4 is 46.6 Å². The number of nitrogens with zero attached hydrogens (tertiary/aromatic N) is 10. The molecule has 4 aromatic heterocycles. The number of unbranched alkanes of at least 4 members (excludes halogenated alkanes) is 4. The third-order valence-corrected chi connectivity index (χ3v) is 9.23. The van der Waals surface area contributed by atoms with Crippen LogP contribution >= 0.6 is 0 Å². The van der Waals surface area contributed by atoms with Crippen molar-refractivity contribution in [1.82, 2.24) is 48.7 Å². The van der Waals surface area contributed by atoms with Crippen LogP contribution in [0.5, 0.6) is 0 Å². The summed E-state index contributed by atoms with van der Waals surface area (Å²) in [7, 11) is 11.1. The largest absolute Gasteiger partial charge is 0.382 e. The highest BCUT2D eigenvalue weighted by Gasteiger charge is 2.27. The maximum Gasteiger partial charge on any atom is 0.382 e. The Morgan fingerprint density at radius 1 is 0.593 bits per heavy atom. The van der Waals surface area contributed by atoms with Crippen molar-refractivity contribution in [1.29, 1.82) is 0 Å². The normalized spacial score (nSPS) is 11.3. The summed E-state index contributed by atoms with van der Waals surface area (Å²) in [5, 5.41) is 34.2. The number of aromatic nitrogens is 6. The summed E-state index contributed by atoms with van der Waals surface area (Å²) in [5.74, 6) is -3.16. The summed E-state index contributed by atoms with van der Waals surface area (Å²) >= 11 is 0. The van der Waals surface area contributed by atoms with Gasteiger partial charge in [-0.2, -0.15) is 0 Å². The minimum Gasteiger partial charge on any atom is -0.358 e. The van der Waals surface area contributed by atoms with E-state index in [0.717, 1.165) is 32.4 Å². The van der Waals surface area contributed by atoms with Gasteiger partial charge >= 0.3 is 35.1 Å². The third kappa shape index (κ3) is 13.3. The molecule has 320 valence electrons. The Hall–Kier alpha value is -6.42. The summed E-state index contributed by atoms with van der Waals surface area (Å²) in [6, 6.07) is 3.04. The first kappa shape index (κ1) is 45.3. The number of hydrogen-bond donors (Lipinski definition) is 4. The molecule has 0 radical (unpaired) electrons. The number of rotatable bonds is 24. The average molecular weight is 823 g/mol. The first-order valence-corrected chi connectivity index (χ1v) is 19.3. The highest BCUT2D eigenvalue weighted by molar-refractivity contribution is 6.04. The van der Waals surface area contributed by atoms with Crippen LogP contribution < -0.4 is 21.3 Å². The van der Waals surface area contributed by atoms with E-state index in [1.165, 1.54) is 33.7 Å². The Balaban J connectivity index is 1.28. The molecule has 4 rings (SSSR count). The Kier molecular flexibility index (Phi) is 16.4. The van der Waals surface area contributed by atoms with E-state index in [0.29, 0.717) is 61.5 Å². The lowest BCUT2D eigenvalue weighted by Crippen LogP contribution is -2.28. The Bertz CT molecular complexity index is 1960. The van der Waals surface area contributed by atoms with Crippen LogP contribution in [-0.4, -0.2) is 126 Å². The zero-order valence-corrected chi connectivity index (χ0v) is 34.4. The maximum absolute atomic E-state index is 13.2. The summed E-state index contributed by atoms with van der Waals surface area (Å²) in [4.78, 5) is 85.5. The van der Waals surface area contributed by atoms with E-state index in [9.17, 15) is 39.4 Å². The number of aryl methyl sites for hydroxylation is 4. The van der Waals surface area contributed by atoms with Crippen LogP contribution in [0, 0.1) is 20.2 Å². The van der Waals surface area contributed by atoms with E-state index in [1.54, 1.807) is 35.6 Å². The fraction of sp³-hybridized carbons (Fsp3) is 0.514. The molecule has 22 nitrogen and oxygen atoms in total. The van der Waals surface area contributed by atoms with Crippen molar-refractivity contribution in [2.75, 3.05) is 65.0 Å². The van der Waals surface area contributed by atoms with E-state index in [1.807, 2.05) is 38.0 Å². The molecule has 0 aliphatic carbocycles. The number of carbonyl (C=O) groups excluding carboxylic acids is 4. The molecule has 0 aliphatic heterocycles. The smallest absolute Gasteiger partial charge is 0.358 e. The Morgan fingerprint density at radius 2 is 0.966 bits per heavy atom. The lowest BCUT2D eigenvalue weighted by molar-refractivity contribution is -0.389. The number of nitrogens with one attached hydrogen (secondary N) is 4. The summed E-state index contributed by atoms with van der Waals surface area (Å²) in [6.07, 6.45) is 10.3. The molecular weight excluding hydrogens is 768 g/mol. The minimum absolute atomic E-state index is 0.145. The SMILES string of the molecule is CN(C)CCCNC(=O)c1cc(NC(=O)c2nc([N+](=O)[O-])cn2CCCCCCCn2cc([N+](=O)[O-])nc2C(=O)Nc2cc(C(=O)NCCCN(C)C)n(C)c2)cn1C. The van der Waals surface area contributed by atoms with E-state index < -0.39 is 33.3 Å². The van der Waals surface area contributed by atoms with E-state index in [4.69, 9.17) is 0 Å². The van der Waals surface area contributed by atoms with Crippen LogP contribution in [0.3, 0.4) is 0 Å². The molecule has 0 spiro atoms. The van der Waals surface area contributed by atoms with Gasteiger partial charge in [-0.05, 0) is 98.9 Å². The standard InChI is InChI=1S/C37H54N14O8/c1-44(2)16-12-14-38-34(52)28-20-26(22-46(28)5)40-36(54)32-42-30(50(56)57)24-48(32)18-10-8-7-9-11-19-49-25-31(51(58)59)43-33(49)37(55)41-27-21-29(47(6)23-27)35(53)39-15-13-17-45(3)4/h20-25H,7-19H2,1-6H3,(H,38,52)(H,39,53)(H,40,54)(H,41,55). The van der Waals surface area contributed by atoms with Crippen molar-refractivity contribution in [3.8, 4) is 0 Å². The molecule has 0 aliphatic rings. The quantitative estimate of drug-likeness (QED) is 0.0452. The molecule has 0 saturated carbocycles. The molecule has 4 aromatic rings. The van der Waals surface area contributed by atoms with E-state index in [-0.39, 0.29) is 36.6 Å². The van der Waals surface area contributed by atoms with Crippen LogP contribution in [0.1, 0.15) is 87.2 Å². The van der Waals surface area contributed by atoms with Crippen LogP contribution in [0.25, 0.3) is 0 Å². The number of carbonyl (C=O) groups is 4. The molecule has 0 aromatic carbocycles. The van der Waals surface area contributed by atoms with Crippen LogP contribution in [-0.2, 0) is 27.2 Å². The monoisotopic (exact) mass is 822 g/mol. The van der Waals surface area contributed by atoms with Gasteiger partial charge < -0.3 is 60.4 Å². The fourth-order valence-electron chi connectivity index (χ4n) is 6.24. The Labute approximate surface area is 341 Å². The highest BCUT2D eigenvalue weighted by Crippen LogP contribution is 2.20. The molecule has 0 unspecified atom stereocenters. The second-order valence-corrected chi connectivity index (χ2v) is 14.7. The molecule has 0 fully saturated rings. The van der Waals surface area contributed by atoms with Gasteiger partial charge in [-0.25, -0.2) is 0 Å². The van der Waals surface area contributed by atoms with Gasteiger partial charge in [0.05, 0.1) is 11.4 Å². The first-order valence-electron chi connectivity index (χ1n) is 19.3. The van der Waals surface area contributed by atoms with Crippen molar-refractivity contribution in [2.24, 2.45) is 14.1 Å².